The van der Waals surface area contributed by atoms with E-state index in [1.54, 1.807) is 0 Å². The lowest BCUT2D eigenvalue weighted by Gasteiger charge is -2.34. The summed E-state index contributed by atoms with van der Waals surface area (Å²) in [5.74, 6) is 0.911. The van der Waals surface area contributed by atoms with E-state index in [0.29, 0.717) is 6.54 Å². The summed E-state index contributed by atoms with van der Waals surface area (Å²) < 4.78 is 7.50. The number of amides is 1. The molecule has 1 atom stereocenters. The lowest BCUT2D eigenvalue weighted by molar-refractivity contribution is 0.0500. The second-order valence-electron chi connectivity index (χ2n) is 8.30. The number of ether oxygens (including phenoxy) is 1. The zero-order valence-corrected chi connectivity index (χ0v) is 17.0. The normalized spacial score (nSPS) is 18.0. The Kier molecular flexibility index (Phi) is 5.22. The first-order chi connectivity index (χ1) is 12.7. The molecule has 7 nitrogen and oxygen atoms in total. The number of hydrogen-bond donors (Lipinski definition) is 2. The molecule has 1 aromatic heterocycles. The number of carbonyl (C=O) groups is 1. The van der Waals surface area contributed by atoms with Gasteiger partial charge in [-0.2, -0.15) is 0 Å². The van der Waals surface area contributed by atoms with Crippen LogP contribution in [0, 0.1) is 0 Å². The number of hydrogen-bond acceptors (Lipinski definition) is 5. The largest absolute Gasteiger partial charge is 0.444 e. The number of carbonyl (C=O) groups excluding carboxylic acids is 1. The van der Waals surface area contributed by atoms with Gasteiger partial charge in [-0.05, 0) is 57.7 Å². The van der Waals surface area contributed by atoms with E-state index in [1.165, 1.54) is 0 Å². The second-order valence-corrected chi connectivity index (χ2v) is 8.30. The number of aromatic nitrogens is 2. The number of nitrogen functional groups attached to an aromatic ring is 1. The molecule has 0 radical (unpaired) electrons. The molecular weight excluding hydrogens is 342 g/mol. The smallest absolute Gasteiger partial charge is 0.407 e. The standard InChI is InChI=1S/C20H31N5O2/c1-6-13-10-17-16(11-15(13)21)23-18(24(17)5)25-9-7-8-14(12-25)22-19(26)27-20(2,3)4/h10-11,14H,6-9,12,21H2,1-5H3,(H,22,26)/t14-/m1/s1. The molecule has 0 unspecified atom stereocenters. The van der Waals surface area contributed by atoms with Crippen LogP contribution in [0.3, 0.4) is 0 Å². The fourth-order valence-electron chi connectivity index (χ4n) is 3.62. The van der Waals surface area contributed by atoms with Gasteiger partial charge < -0.3 is 25.3 Å². The Morgan fingerprint density at radius 3 is 2.81 bits per heavy atom. The van der Waals surface area contributed by atoms with Crippen molar-refractivity contribution in [2.75, 3.05) is 23.7 Å². The lowest BCUT2D eigenvalue weighted by Crippen LogP contribution is -2.49. The quantitative estimate of drug-likeness (QED) is 0.807. The number of aryl methyl sites for hydroxylation is 2. The zero-order chi connectivity index (χ0) is 19.8. The van der Waals surface area contributed by atoms with E-state index in [-0.39, 0.29) is 12.1 Å². The van der Waals surface area contributed by atoms with Gasteiger partial charge in [0.1, 0.15) is 5.60 Å². The minimum atomic E-state index is -0.493. The Morgan fingerprint density at radius 2 is 2.15 bits per heavy atom. The summed E-state index contributed by atoms with van der Waals surface area (Å²) in [5.41, 5.74) is 9.56. The summed E-state index contributed by atoms with van der Waals surface area (Å²) in [6.45, 7) is 9.35. The van der Waals surface area contributed by atoms with Crippen molar-refractivity contribution in [2.24, 2.45) is 7.05 Å². The van der Waals surface area contributed by atoms with Crippen molar-refractivity contribution in [2.45, 2.75) is 58.6 Å². The highest BCUT2D eigenvalue weighted by Gasteiger charge is 2.26. The van der Waals surface area contributed by atoms with Gasteiger partial charge >= 0.3 is 6.09 Å². The molecule has 2 heterocycles. The van der Waals surface area contributed by atoms with E-state index in [0.717, 1.165) is 54.0 Å². The molecule has 1 aliphatic heterocycles. The van der Waals surface area contributed by atoms with Crippen LogP contribution in [0.4, 0.5) is 16.4 Å². The SMILES string of the molecule is CCc1cc2c(cc1N)nc(N1CCC[C@@H](NC(=O)OC(C)(C)C)C1)n2C. The average molecular weight is 374 g/mol. The van der Waals surface area contributed by atoms with Gasteiger partial charge in [0.25, 0.3) is 0 Å². The number of fused-ring (bicyclic) bond motifs is 1. The van der Waals surface area contributed by atoms with Crippen LogP contribution in [-0.4, -0.2) is 40.4 Å². The molecule has 1 amide bonds. The van der Waals surface area contributed by atoms with Crippen LogP contribution in [0.2, 0.25) is 0 Å². The van der Waals surface area contributed by atoms with E-state index < -0.39 is 5.60 Å². The van der Waals surface area contributed by atoms with Gasteiger partial charge in [0.05, 0.1) is 11.0 Å². The molecular formula is C20H31N5O2. The van der Waals surface area contributed by atoms with Crippen LogP contribution in [0.1, 0.15) is 46.1 Å². The van der Waals surface area contributed by atoms with Crippen molar-refractivity contribution in [1.29, 1.82) is 0 Å². The first-order valence-corrected chi connectivity index (χ1v) is 9.67. The van der Waals surface area contributed by atoms with Gasteiger partial charge in [-0.1, -0.05) is 6.92 Å². The molecule has 1 aliphatic rings. The fraction of sp³-hybridized carbons (Fsp3) is 0.600. The fourth-order valence-corrected chi connectivity index (χ4v) is 3.62. The summed E-state index contributed by atoms with van der Waals surface area (Å²) in [4.78, 5) is 19.1. The predicted molar refractivity (Wildman–Crippen MR) is 109 cm³/mol. The number of rotatable bonds is 3. The van der Waals surface area contributed by atoms with Gasteiger partial charge in [-0.25, -0.2) is 9.78 Å². The molecule has 148 valence electrons. The highest BCUT2D eigenvalue weighted by atomic mass is 16.6. The maximum atomic E-state index is 12.1. The number of anilines is 2. The molecule has 0 saturated carbocycles. The van der Waals surface area contributed by atoms with Crippen LogP contribution in [0.5, 0.6) is 0 Å². The number of nitrogens with one attached hydrogen (secondary N) is 1. The van der Waals surface area contributed by atoms with Gasteiger partial charge in [0.15, 0.2) is 0 Å². The molecule has 1 saturated heterocycles. The van der Waals surface area contributed by atoms with E-state index in [2.05, 4.69) is 27.8 Å². The minimum Gasteiger partial charge on any atom is -0.444 e. The first-order valence-electron chi connectivity index (χ1n) is 9.67. The Labute approximate surface area is 160 Å². The topological polar surface area (TPSA) is 85.4 Å². The molecule has 27 heavy (non-hydrogen) atoms. The molecule has 0 aliphatic carbocycles. The van der Waals surface area contributed by atoms with Crippen molar-refractivity contribution < 1.29 is 9.53 Å². The zero-order valence-electron chi connectivity index (χ0n) is 17.0. The minimum absolute atomic E-state index is 0.0460. The molecule has 2 aromatic rings. The van der Waals surface area contributed by atoms with Crippen molar-refractivity contribution in [3.05, 3.63) is 17.7 Å². The summed E-state index contributed by atoms with van der Waals surface area (Å²) in [5, 5.41) is 3.00. The Balaban J connectivity index is 1.78. The van der Waals surface area contributed by atoms with Crippen LogP contribution < -0.4 is 16.0 Å². The lowest BCUT2D eigenvalue weighted by atomic mass is 10.1. The van der Waals surface area contributed by atoms with Gasteiger partial charge in [0, 0.05) is 31.9 Å². The van der Waals surface area contributed by atoms with Gasteiger partial charge in [-0.3, -0.25) is 0 Å². The highest BCUT2D eigenvalue weighted by Crippen LogP contribution is 2.28. The highest BCUT2D eigenvalue weighted by molar-refractivity contribution is 5.83. The third-order valence-electron chi connectivity index (χ3n) is 4.92. The molecule has 0 bridgehead atoms. The van der Waals surface area contributed by atoms with Crippen molar-refractivity contribution in [3.63, 3.8) is 0 Å². The monoisotopic (exact) mass is 373 g/mol. The van der Waals surface area contributed by atoms with Crippen LogP contribution in [0.25, 0.3) is 11.0 Å². The Hall–Kier alpha value is -2.44. The van der Waals surface area contributed by atoms with Crippen molar-refractivity contribution in [1.82, 2.24) is 14.9 Å². The molecule has 1 aromatic carbocycles. The van der Waals surface area contributed by atoms with Crippen LogP contribution in [-0.2, 0) is 18.2 Å². The third kappa shape index (κ3) is 4.28. The number of nitrogens with zero attached hydrogens (tertiary/aromatic N) is 3. The van der Waals surface area contributed by atoms with E-state index in [4.69, 9.17) is 15.5 Å². The van der Waals surface area contributed by atoms with Crippen molar-refractivity contribution in [3.8, 4) is 0 Å². The summed E-state index contributed by atoms with van der Waals surface area (Å²) in [6, 6.07) is 4.13. The number of nitrogens with two attached hydrogens (primary N) is 1. The predicted octanol–water partition coefficient (Wildman–Crippen LogP) is 3.21. The van der Waals surface area contributed by atoms with Crippen LogP contribution in [0.15, 0.2) is 12.1 Å². The van der Waals surface area contributed by atoms with Gasteiger partial charge in [0.2, 0.25) is 5.95 Å². The van der Waals surface area contributed by atoms with E-state index in [1.807, 2.05) is 33.9 Å². The third-order valence-corrected chi connectivity index (χ3v) is 4.92. The number of piperidine rings is 1. The maximum absolute atomic E-state index is 12.1. The van der Waals surface area contributed by atoms with Crippen molar-refractivity contribution >= 4 is 28.8 Å². The molecule has 3 N–H and O–H groups in total. The van der Waals surface area contributed by atoms with E-state index in [9.17, 15) is 4.79 Å². The maximum Gasteiger partial charge on any atom is 0.407 e. The summed E-state index contributed by atoms with van der Waals surface area (Å²) in [6.07, 6.45) is 2.46. The van der Waals surface area contributed by atoms with Crippen LogP contribution >= 0.6 is 0 Å². The van der Waals surface area contributed by atoms with Gasteiger partial charge in [-0.15, -0.1) is 0 Å². The number of imidazole rings is 1. The molecule has 7 heteroatoms. The number of alkyl carbamates (subject to hydrolysis) is 1. The Bertz CT molecular complexity index is 837. The second kappa shape index (κ2) is 7.29. The molecule has 0 spiro atoms. The summed E-state index contributed by atoms with van der Waals surface area (Å²) >= 11 is 0. The number of benzene rings is 1. The average Bonchev–Trinajstić information content (AvgIpc) is 2.88. The summed E-state index contributed by atoms with van der Waals surface area (Å²) in [7, 11) is 2.03. The van der Waals surface area contributed by atoms with E-state index >= 15 is 0 Å². The molecule has 3 rings (SSSR count). The first kappa shape index (κ1) is 19.3. The Morgan fingerprint density at radius 1 is 1.41 bits per heavy atom. The molecule has 1 fully saturated rings.